The molecule has 1 N–H and O–H groups in total. The van der Waals surface area contributed by atoms with E-state index in [9.17, 15) is 9.59 Å². The number of amides is 2. The lowest BCUT2D eigenvalue weighted by molar-refractivity contribution is -0.122. The van der Waals surface area contributed by atoms with Crippen LogP contribution < -0.4 is 5.32 Å². The van der Waals surface area contributed by atoms with Gasteiger partial charge in [-0.05, 0) is 25.3 Å². The lowest BCUT2D eigenvalue weighted by Gasteiger charge is -2.22. The first-order chi connectivity index (χ1) is 9.95. The first kappa shape index (κ1) is 17.3. The Bertz CT molecular complexity index is 440. The van der Waals surface area contributed by atoms with E-state index in [4.69, 9.17) is 4.42 Å². The molecule has 1 aromatic rings. The van der Waals surface area contributed by atoms with Gasteiger partial charge in [0, 0.05) is 25.6 Å². The van der Waals surface area contributed by atoms with Crippen LogP contribution in [0.1, 0.15) is 50.9 Å². The molecule has 0 saturated carbocycles. The molecule has 0 saturated heterocycles. The number of rotatable bonds is 8. The Morgan fingerprint density at radius 3 is 2.52 bits per heavy atom. The summed E-state index contributed by atoms with van der Waals surface area (Å²) in [6.07, 6.45) is 4.09. The van der Waals surface area contributed by atoms with Crippen molar-refractivity contribution in [2.24, 2.45) is 5.92 Å². The number of nitrogens with zero attached hydrogens (tertiary/aromatic N) is 1. The highest BCUT2D eigenvalue weighted by Gasteiger charge is 2.18. The minimum Gasteiger partial charge on any atom is -0.472 e. The molecule has 0 unspecified atom stereocenters. The van der Waals surface area contributed by atoms with Crippen molar-refractivity contribution in [1.82, 2.24) is 10.2 Å². The van der Waals surface area contributed by atoms with Gasteiger partial charge in [-0.15, -0.1) is 0 Å². The summed E-state index contributed by atoms with van der Waals surface area (Å²) in [5, 5.41) is 2.96. The quantitative estimate of drug-likeness (QED) is 0.802. The van der Waals surface area contributed by atoms with Crippen LogP contribution in [0.4, 0.5) is 0 Å². The van der Waals surface area contributed by atoms with Gasteiger partial charge >= 0.3 is 0 Å². The Morgan fingerprint density at radius 2 is 2.00 bits per heavy atom. The molecule has 118 valence electrons. The summed E-state index contributed by atoms with van der Waals surface area (Å²) >= 11 is 0. The minimum absolute atomic E-state index is 0.0164. The first-order valence-electron chi connectivity index (χ1n) is 7.56. The van der Waals surface area contributed by atoms with E-state index in [0.29, 0.717) is 31.0 Å². The smallest absolute Gasteiger partial charge is 0.257 e. The summed E-state index contributed by atoms with van der Waals surface area (Å²) < 4.78 is 4.94. The van der Waals surface area contributed by atoms with Gasteiger partial charge in [0.1, 0.15) is 6.26 Å². The second-order valence-electron chi connectivity index (χ2n) is 5.65. The predicted molar refractivity (Wildman–Crippen MR) is 82.0 cm³/mol. The first-order valence-corrected chi connectivity index (χ1v) is 7.56. The van der Waals surface area contributed by atoms with Gasteiger partial charge < -0.3 is 14.6 Å². The maximum Gasteiger partial charge on any atom is 0.257 e. The van der Waals surface area contributed by atoms with Crippen molar-refractivity contribution in [2.45, 2.75) is 46.6 Å². The van der Waals surface area contributed by atoms with Crippen molar-refractivity contribution < 1.29 is 14.0 Å². The number of hydrogen-bond donors (Lipinski definition) is 1. The van der Waals surface area contributed by atoms with Crippen molar-refractivity contribution in [2.75, 3.05) is 13.1 Å². The van der Waals surface area contributed by atoms with Gasteiger partial charge in [0.05, 0.1) is 11.8 Å². The second-order valence-corrected chi connectivity index (χ2v) is 5.65. The molecule has 0 aliphatic carbocycles. The van der Waals surface area contributed by atoms with Gasteiger partial charge in [-0.3, -0.25) is 9.59 Å². The Kier molecular flexibility index (Phi) is 6.99. The molecule has 1 atom stereocenters. The minimum atomic E-state index is -0.0877. The van der Waals surface area contributed by atoms with Crippen LogP contribution in [0.2, 0.25) is 0 Å². The van der Waals surface area contributed by atoms with Crippen molar-refractivity contribution in [1.29, 1.82) is 0 Å². The molecule has 1 heterocycles. The third-order valence-electron chi connectivity index (χ3n) is 3.55. The number of carbonyl (C=O) groups is 2. The van der Waals surface area contributed by atoms with Crippen LogP contribution in [0.15, 0.2) is 23.0 Å². The van der Waals surface area contributed by atoms with Crippen molar-refractivity contribution in [3.8, 4) is 0 Å². The Labute approximate surface area is 126 Å². The molecule has 0 aromatic carbocycles. The van der Waals surface area contributed by atoms with Gasteiger partial charge in [-0.2, -0.15) is 0 Å². The summed E-state index contributed by atoms with van der Waals surface area (Å²) in [5.74, 6) is 0.292. The third kappa shape index (κ3) is 5.61. The van der Waals surface area contributed by atoms with Crippen LogP contribution in [-0.2, 0) is 4.79 Å². The molecule has 1 rings (SSSR count). The highest BCUT2D eigenvalue weighted by Crippen LogP contribution is 2.07. The van der Waals surface area contributed by atoms with E-state index < -0.39 is 0 Å². The van der Waals surface area contributed by atoms with Crippen molar-refractivity contribution in [3.05, 3.63) is 24.2 Å². The van der Waals surface area contributed by atoms with Gasteiger partial charge in [0.15, 0.2) is 0 Å². The van der Waals surface area contributed by atoms with Crippen LogP contribution in [0.5, 0.6) is 0 Å². The Hall–Kier alpha value is -1.78. The van der Waals surface area contributed by atoms with Gasteiger partial charge in [0.2, 0.25) is 5.91 Å². The van der Waals surface area contributed by atoms with E-state index in [1.54, 1.807) is 11.0 Å². The van der Waals surface area contributed by atoms with E-state index in [2.05, 4.69) is 19.2 Å². The number of furan rings is 1. The lowest BCUT2D eigenvalue weighted by atomic mass is 10.1. The molecule has 0 aliphatic heterocycles. The molecule has 0 spiro atoms. The standard InChI is InChI=1S/C16H26N2O3/c1-5-8-18(16(20)14-7-10-21-11-14)9-6-15(19)17-13(4)12(2)3/h7,10-13H,5-6,8-9H2,1-4H3,(H,17,19)/t13-/m1/s1. The van der Waals surface area contributed by atoms with Crippen LogP contribution in [0, 0.1) is 5.92 Å². The average Bonchev–Trinajstić information content (AvgIpc) is 2.96. The van der Waals surface area contributed by atoms with Gasteiger partial charge in [-0.25, -0.2) is 0 Å². The molecule has 21 heavy (non-hydrogen) atoms. The molecule has 0 fully saturated rings. The van der Waals surface area contributed by atoms with Crippen LogP contribution in [-0.4, -0.2) is 35.8 Å². The van der Waals surface area contributed by atoms with E-state index in [0.717, 1.165) is 6.42 Å². The monoisotopic (exact) mass is 294 g/mol. The zero-order chi connectivity index (χ0) is 15.8. The van der Waals surface area contributed by atoms with E-state index in [-0.39, 0.29) is 17.9 Å². The molecule has 1 aromatic heterocycles. The lowest BCUT2D eigenvalue weighted by Crippen LogP contribution is -2.39. The third-order valence-corrected chi connectivity index (χ3v) is 3.55. The topological polar surface area (TPSA) is 62.6 Å². The van der Waals surface area contributed by atoms with E-state index in [1.807, 2.05) is 13.8 Å². The molecule has 5 heteroatoms. The van der Waals surface area contributed by atoms with Crippen LogP contribution in [0.3, 0.4) is 0 Å². The van der Waals surface area contributed by atoms with Gasteiger partial charge in [0.25, 0.3) is 5.91 Å². The Balaban J connectivity index is 2.51. The van der Waals surface area contributed by atoms with Crippen molar-refractivity contribution >= 4 is 11.8 Å². The van der Waals surface area contributed by atoms with Crippen LogP contribution >= 0.6 is 0 Å². The van der Waals surface area contributed by atoms with Crippen molar-refractivity contribution in [3.63, 3.8) is 0 Å². The second kappa shape index (κ2) is 8.49. The van der Waals surface area contributed by atoms with E-state index >= 15 is 0 Å². The zero-order valence-electron chi connectivity index (χ0n) is 13.4. The maximum atomic E-state index is 12.3. The fourth-order valence-corrected chi connectivity index (χ4v) is 1.88. The zero-order valence-corrected chi connectivity index (χ0v) is 13.4. The highest BCUT2D eigenvalue weighted by atomic mass is 16.3. The van der Waals surface area contributed by atoms with Crippen LogP contribution in [0.25, 0.3) is 0 Å². The number of carbonyl (C=O) groups excluding carboxylic acids is 2. The largest absolute Gasteiger partial charge is 0.472 e. The molecule has 0 bridgehead atoms. The normalized spacial score (nSPS) is 12.2. The summed E-state index contributed by atoms with van der Waals surface area (Å²) in [4.78, 5) is 25.9. The maximum absolute atomic E-state index is 12.3. The molecule has 0 aliphatic rings. The average molecular weight is 294 g/mol. The fraction of sp³-hybridized carbons (Fsp3) is 0.625. The fourth-order valence-electron chi connectivity index (χ4n) is 1.88. The van der Waals surface area contributed by atoms with E-state index in [1.165, 1.54) is 12.5 Å². The highest BCUT2D eigenvalue weighted by molar-refractivity contribution is 5.94. The molecule has 0 radical (unpaired) electrons. The number of nitrogens with one attached hydrogen (secondary N) is 1. The Morgan fingerprint density at radius 1 is 1.29 bits per heavy atom. The molecule has 5 nitrogen and oxygen atoms in total. The van der Waals surface area contributed by atoms with Gasteiger partial charge in [-0.1, -0.05) is 20.8 Å². The summed E-state index contributed by atoms with van der Waals surface area (Å²) in [5.41, 5.74) is 0.527. The number of hydrogen-bond acceptors (Lipinski definition) is 3. The summed E-state index contributed by atoms with van der Waals surface area (Å²) in [6.45, 7) is 9.19. The molecular weight excluding hydrogens is 268 g/mol. The summed E-state index contributed by atoms with van der Waals surface area (Å²) in [6, 6.07) is 1.79. The molecule has 2 amide bonds. The molecular formula is C16H26N2O3. The predicted octanol–water partition coefficient (Wildman–Crippen LogP) is 2.68. The SMILES string of the molecule is CCCN(CCC(=O)N[C@H](C)C(C)C)C(=O)c1ccoc1. The summed E-state index contributed by atoms with van der Waals surface area (Å²) in [7, 11) is 0.